The summed E-state index contributed by atoms with van der Waals surface area (Å²) in [7, 11) is 0. The number of alkyl halides is 3. The fraction of sp³-hybridized carbons (Fsp3) is 0.444. The number of hydrogen-bond acceptors (Lipinski definition) is 4. The van der Waals surface area contributed by atoms with Gasteiger partial charge in [0.2, 0.25) is 5.95 Å². The van der Waals surface area contributed by atoms with Crippen LogP contribution in [-0.2, 0) is 11.0 Å². The number of aliphatic carboxylic acids is 1. The van der Waals surface area contributed by atoms with Gasteiger partial charge >= 0.3 is 12.1 Å². The number of carboxylic acids is 1. The fourth-order valence-corrected chi connectivity index (χ4v) is 0.910. The second-order valence-corrected chi connectivity index (χ2v) is 3.82. The Hall–Kier alpha value is -1.86. The Bertz CT molecular complexity index is 432. The molecule has 0 saturated heterocycles. The summed E-state index contributed by atoms with van der Waals surface area (Å²) in [6.45, 7) is 2.58. The molecule has 0 saturated carbocycles. The molecule has 5 nitrogen and oxygen atoms in total. The van der Waals surface area contributed by atoms with Gasteiger partial charge in [-0.3, -0.25) is 0 Å². The lowest BCUT2D eigenvalue weighted by molar-refractivity contribution is -0.141. The van der Waals surface area contributed by atoms with Crippen molar-refractivity contribution in [2.75, 3.05) is 5.32 Å². The van der Waals surface area contributed by atoms with Crippen molar-refractivity contribution in [1.29, 1.82) is 0 Å². The summed E-state index contributed by atoms with van der Waals surface area (Å²) in [5, 5.41) is 11.1. The van der Waals surface area contributed by atoms with Crippen LogP contribution in [0.3, 0.4) is 0 Å². The molecular formula is C9H10F3N3O2. The highest BCUT2D eigenvalue weighted by Gasteiger charge is 2.34. The van der Waals surface area contributed by atoms with Gasteiger partial charge in [-0.15, -0.1) is 0 Å². The summed E-state index contributed by atoms with van der Waals surface area (Å²) in [4.78, 5) is 17.5. The molecule has 0 unspecified atom stereocenters. The zero-order valence-corrected chi connectivity index (χ0v) is 9.04. The van der Waals surface area contributed by atoms with E-state index in [0.717, 1.165) is 6.20 Å². The lowest BCUT2D eigenvalue weighted by Crippen LogP contribution is -2.40. The van der Waals surface area contributed by atoms with Gasteiger partial charge < -0.3 is 10.4 Å². The van der Waals surface area contributed by atoms with Gasteiger partial charge in [-0.2, -0.15) is 13.2 Å². The van der Waals surface area contributed by atoms with Crippen molar-refractivity contribution in [3.63, 3.8) is 0 Å². The molecule has 0 bridgehead atoms. The molecule has 94 valence electrons. The van der Waals surface area contributed by atoms with Crippen LogP contribution in [0.5, 0.6) is 0 Å². The predicted molar refractivity (Wildman–Crippen MR) is 52.4 cm³/mol. The van der Waals surface area contributed by atoms with Crippen LogP contribution in [0.25, 0.3) is 0 Å². The van der Waals surface area contributed by atoms with Gasteiger partial charge in [0.05, 0.1) is 0 Å². The number of nitrogens with one attached hydrogen (secondary N) is 1. The third-order valence-corrected chi connectivity index (χ3v) is 1.90. The zero-order chi connectivity index (χ0) is 13.3. The molecular weight excluding hydrogens is 239 g/mol. The van der Waals surface area contributed by atoms with Gasteiger partial charge in [0, 0.05) is 6.20 Å². The van der Waals surface area contributed by atoms with Crippen molar-refractivity contribution in [2.45, 2.75) is 25.6 Å². The zero-order valence-electron chi connectivity index (χ0n) is 9.04. The molecule has 0 fully saturated rings. The Balaban J connectivity index is 2.98. The normalized spacial score (nSPS) is 12.3. The van der Waals surface area contributed by atoms with Crippen LogP contribution in [0, 0.1) is 0 Å². The van der Waals surface area contributed by atoms with Crippen LogP contribution < -0.4 is 5.32 Å². The van der Waals surface area contributed by atoms with Gasteiger partial charge in [0.15, 0.2) is 0 Å². The minimum Gasteiger partial charge on any atom is -0.480 e. The highest BCUT2D eigenvalue weighted by Crippen LogP contribution is 2.27. The van der Waals surface area contributed by atoms with E-state index < -0.39 is 23.4 Å². The Kier molecular flexibility index (Phi) is 3.25. The molecule has 0 aliphatic rings. The van der Waals surface area contributed by atoms with Crippen LogP contribution in [-0.4, -0.2) is 26.6 Å². The summed E-state index contributed by atoms with van der Waals surface area (Å²) < 4.78 is 37.0. The van der Waals surface area contributed by atoms with Crippen molar-refractivity contribution >= 4 is 11.9 Å². The Morgan fingerprint density at radius 2 is 2.00 bits per heavy atom. The third-order valence-electron chi connectivity index (χ3n) is 1.90. The van der Waals surface area contributed by atoms with Crippen LogP contribution in [0.4, 0.5) is 19.1 Å². The van der Waals surface area contributed by atoms with E-state index in [2.05, 4.69) is 15.3 Å². The number of nitrogens with zero attached hydrogens (tertiary/aromatic N) is 2. The highest BCUT2D eigenvalue weighted by molar-refractivity contribution is 5.80. The topological polar surface area (TPSA) is 75.1 Å². The van der Waals surface area contributed by atoms with Crippen LogP contribution in [0.2, 0.25) is 0 Å². The van der Waals surface area contributed by atoms with Gasteiger partial charge in [-0.05, 0) is 19.9 Å². The molecule has 0 radical (unpaired) electrons. The number of carboxylic acid groups (broad SMARTS) is 1. The number of anilines is 1. The van der Waals surface area contributed by atoms with Gasteiger partial charge in [-0.25, -0.2) is 14.8 Å². The minimum absolute atomic E-state index is 0.382. The minimum atomic E-state index is -4.59. The second-order valence-electron chi connectivity index (χ2n) is 3.82. The van der Waals surface area contributed by atoms with Gasteiger partial charge in [0.1, 0.15) is 11.2 Å². The van der Waals surface area contributed by atoms with Crippen LogP contribution >= 0.6 is 0 Å². The van der Waals surface area contributed by atoms with Crippen molar-refractivity contribution in [1.82, 2.24) is 9.97 Å². The van der Waals surface area contributed by atoms with Crippen molar-refractivity contribution in [3.8, 4) is 0 Å². The smallest absolute Gasteiger partial charge is 0.433 e. The molecule has 0 amide bonds. The molecule has 17 heavy (non-hydrogen) atoms. The molecule has 0 spiro atoms. The molecule has 0 aliphatic carbocycles. The first-order chi connectivity index (χ1) is 7.63. The van der Waals surface area contributed by atoms with E-state index in [1.807, 2.05) is 0 Å². The Morgan fingerprint density at radius 3 is 2.47 bits per heavy atom. The quantitative estimate of drug-likeness (QED) is 0.853. The molecule has 2 N–H and O–H groups in total. The van der Waals surface area contributed by atoms with Crippen molar-refractivity contribution < 1.29 is 23.1 Å². The molecule has 0 atom stereocenters. The molecule has 8 heteroatoms. The third kappa shape index (κ3) is 3.30. The first-order valence-corrected chi connectivity index (χ1v) is 4.55. The number of carbonyl (C=O) groups is 1. The SMILES string of the molecule is CC(C)(Nc1nccc(C(F)(F)F)n1)C(=O)O. The van der Waals surface area contributed by atoms with Crippen LogP contribution in [0.15, 0.2) is 12.3 Å². The number of halogens is 3. The van der Waals surface area contributed by atoms with E-state index in [4.69, 9.17) is 5.11 Å². The Labute approximate surface area is 94.7 Å². The van der Waals surface area contributed by atoms with E-state index in [1.165, 1.54) is 13.8 Å². The van der Waals surface area contributed by atoms with E-state index in [0.29, 0.717) is 6.07 Å². The van der Waals surface area contributed by atoms with E-state index in [1.54, 1.807) is 0 Å². The lowest BCUT2D eigenvalue weighted by atomic mass is 10.1. The van der Waals surface area contributed by atoms with Gasteiger partial charge in [-0.1, -0.05) is 0 Å². The second kappa shape index (κ2) is 4.19. The molecule has 1 heterocycles. The summed E-state index contributed by atoms with van der Waals surface area (Å²) in [6.07, 6.45) is -3.68. The summed E-state index contributed by atoms with van der Waals surface area (Å²) in [5.74, 6) is -1.61. The largest absolute Gasteiger partial charge is 0.480 e. The number of rotatable bonds is 3. The number of aromatic nitrogens is 2. The first kappa shape index (κ1) is 13.2. The molecule has 1 aromatic heterocycles. The lowest BCUT2D eigenvalue weighted by Gasteiger charge is -2.21. The van der Waals surface area contributed by atoms with Crippen LogP contribution in [0.1, 0.15) is 19.5 Å². The van der Waals surface area contributed by atoms with E-state index >= 15 is 0 Å². The predicted octanol–water partition coefficient (Wildman–Crippen LogP) is 1.77. The Morgan fingerprint density at radius 1 is 1.41 bits per heavy atom. The highest BCUT2D eigenvalue weighted by atomic mass is 19.4. The fourth-order valence-electron chi connectivity index (χ4n) is 0.910. The summed E-state index contributed by atoms with van der Waals surface area (Å²) in [6, 6.07) is 0.707. The average Bonchev–Trinajstić information content (AvgIpc) is 2.15. The summed E-state index contributed by atoms with van der Waals surface area (Å²) in [5.41, 5.74) is -2.58. The van der Waals surface area contributed by atoms with Crippen molar-refractivity contribution in [3.05, 3.63) is 18.0 Å². The average molecular weight is 249 g/mol. The molecule has 0 aliphatic heterocycles. The number of hydrogen-bond donors (Lipinski definition) is 2. The molecule has 0 aromatic carbocycles. The van der Waals surface area contributed by atoms with E-state index in [9.17, 15) is 18.0 Å². The standard InChI is InChI=1S/C9H10F3N3O2/c1-8(2,6(16)17)15-7-13-4-3-5(14-7)9(10,11)12/h3-4H,1-2H3,(H,16,17)(H,13,14,15). The van der Waals surface area contributed by atoms with Crippen molar-refractivity contribution in [2.24, 2.45) is 0 Å². The summed E-state index contributed by atoms with van der Waals surface area (Å²) >= 11 is 0. The molecule has 1 rings (SSSR count). The maximum Gasteiger partial charge on any atom is 0.433 e. The van der Waals surface area contributed by atoms with Gasteiger partial charge in [0.25, 0.3) is 0 Å². The first-order valence-electron chi connectivity index (χ1n) is 4.55. The van der Waals surface area contributed by atoms with E-state index in [-0.39, 0.29) is 5.95 Å². The maximum absolute atomic E-state index is 12.3. The molecule has 1 aromatic rings. The monoisotopic (exact) mass is 249 g/mol. The maximum atomic E-state index is 12.3.